The number of carboxylic acid groups (broad SMARTS) is 2. The molecule has 152 valence electrons. The molecule has 0 spiro atoms. The van der Waals surface area contributed by atoms with E-state index >= 15 is 0 Å². The summed E-state index contributed by atoms with van der Waals surface area (Å²) in [5.74, 6) is -4.42. The molecule has 0 aromatic heterocycles. The molecule has 25 heavy (non-hydrogen) atoms. The third kappa shape index (κ3) is 6.47. The molecule has 0 amide bonds. The summed E-state index contributed by atoms with van der Waals surface area (Å²) < 4.78 is 23.4. The number of carbonyl (C=O) groups is 2. The van der Waals surface area contributed by atoms with Gasteiger partial charge in [-0.3, -0.25) is 0 Å². The molecule has 1 unspecified atom stereocenters. The summed E-state index contributed by atoms with van der Waals surface area (Å²) in [6.07, 6.45) is -9.00. The largest absolute Gasteiger partial charge is 2.00 e. The third-order valence-corrected chi connectivity index (χ3v) is 3.26. The standard InChI is InChI=1S/C11H17FO10.2H2N.Pt/c12-11(9(17)18,10(19)20)1-2-21-8-7(16)6(15)5(14)4(3-13)22-8;;;/h4-8,13-16H,1-3H2,(H,17,18)(H,19,20);2*1H2;/q;2*-1;+2/t4-,5-,6+,7-,8?;;;/m1.../s1. The molecule has 1 aliphatic heterocycles. The first-order valence-electron chi connectivity index (χ1n) is 6.23. The van der Waals surface area contributed by atoms with Crippen molar-refractivity contribution < 1.29 is 75.2 Å². The topological polar surface area (TPSA) is 241 Å². The molecule has 14 heteroatoms. The van der Waals surface area contributed by atoms with Crippen LogP contribution < -0.4 is 0 Å². The smallest absolute Gasteiger partial charge is 0.693 e. The Bertz CT molecular complexity index is 416. The summed E-state index contributed by atoms with van der Waals surface area (Å²) in [6, 6.07) is 0. The van der Waals surface area contributed by atoms with Gasteiger partial charge in [0.15, 0.2) is 6.29 Å². The van der Waals surface area contributed by atoms with Crippen molar-refractivity contribution in [3.05, 3.63) is 12.3 Å². The number of aliphatic carboxylic acids is 2. The Morgan fingerprint density at radius 1 is 1.04 bits per heavy atom. The summed E-state index contributed by atoms with van der Waals surface area (Å²) in [6.45, 7) is -1.47. The zero-order chi connectivity index (χ0) is 17.1. The van der Waals surface area contributed by atoms with Gasteiger partial charge in [-0.1, -0.05) is 0 Å². The Labute approximate surface area is 156 Å². The maximum absolute atomic E-state index is 13.7. The van der Waals surface area contributed by atoms with Crippen molar-refractivity contribution in [2.24, 2.45) is 0 Å². The predicted molar refractivity (Wildman–Crippen MR) is 74.0 cm³/mol. The van der Waals surface area contributed by atoms with E-state index in [1.54, 1.807) is 0 Å². The van der Waals surface area contributed by atoms with Crippen molar-refractivity contribution >= 4 is 11.9 Å². The fourth-order valence-electron chi connectivity index (χ4n) is 1.83. The van der Waals surface area contributed by atoms with Crippen molar-refractivity contribution in [2.45, 2.75) is 42.8 Å². The van der Waals surface area contributed by atoms with E-state index < -0.39 is 67.9 Å². The summed E-state index contributed by atoms with van der Waals surface area (Å²) in [5, 5.41) is 54.6. The molecule has 12 nitrogen and oxygen atoms in total. The van der Waals surface area contributed by atoms with E-state index in [0.717, 1.165) is 0 Å². The van der Waals surface area contributed by atoms with Crippen LogP contribution in [0.15, 0.2) is 0 Å². The zero-order valence-electron chi connectivity index (χ0n) is 12.7. The van der Waals surface area contributed by atoms with Crippen molar-refractivity contribution in [2.75, 3.05) is 13.2 Å². The van der Waals surface area contributed by atoms with Crippen LogP contribution in [0.1, 0.15) is 6.42 Å². The van der Waals surface area contributed by atoms with Gasteiger partial charge in [0.1, 0.15) is 24.4 Å². The summed E-state index contributed by atoms with van der Waals surface area (Å²) in [7, 11) is 0. The molecular formula is C11H21FN2O10Pt. The second kappa shape index (κ2) is 11.8. The van der Waals surface area contributed by atoms with E-state index in [9.17, 15) is 29.3 Å². The average Bonchev–Trinajstić information content (AvgIpc) is 2.46. The minimum Gasteiger partial charge on any atom is -0.693 e. The summed E-state index contributed by atoms with van der Waals surface area (Å²) in [5.41, 5.74) is -3.58. The van der Waals surface area contributed by atoms with E-state index in [4.69, 9.17) is 24.8 Å². The van der Waals surface area contributed by atoms with Gasteiger partial charge in [0.2, 0.25) is 0 Å². The quantitative estimate of drug-likeness (QED) is 0.199. The van der Waals surface area contributed by atoms with Gasteiger partial charge in [0.25, 0.3) is 0 Å². The second-order valence-corrected chi connectivity index (χ2v) is 4.73. The van der Waals surface area contributed by atoms with E-state index in [1.807, 2.05) is 0 Å². The monoisotopic (exact) mass is 555 g/mol. The Morgan fingerprint density at radius 2 is 1.52 bits per heavy atom. The number of alkyl halides is 1. The first-order chi connectivity index (χ1) is 10.1. The molecule has 5 atom stereocenters. The molecule has 0 radical (unpaired) electrons. The average molecular weight is 555 g/mol. The number of aliphatic hydroxyl groups is 4. The Balaban J connectivity index is -0.00000161. The van der Waals surface area contributed by atoms with Gasteiger partial charge in [0, 0.05) is 6.42 Å². The fourth-order valence-corrected chi connectivity index (χ4v) is 1.83. The molecule has 0 saturated carbocycles. The molecule has 0 aliphatic carbocycles. The molecule has 0 aromatic rings. The first-order valence-corrected chi connectivity index (χ1v) is 6.23. The molecule has 0 bridgehead atoms. The van der Waals surface area contributed by atoms with Gasteiger partial charge in [-0.15, -0.1) is 0 Å². The van der Waals surface area contributed by atoms with E-state index in [1.165, 1.54) is 0 Å². The minimum absolute atomic E-state index is 0. The number of aliphatic hydroxyl groups excluding tert-OH is 4. The predicted octanol–water partition coefficient (Wildman–Crippen LogP) is -1.50. The number of rotatable bonds is 7. The third-order valence-electron chi connectivity index (χ3n) is 3.26. The van der Waals surface area contributed by atoms with Crippen LogP contribution >= 0.6 is 0 Å². The van der Waals surface area contributed by atoms with Gasteiger partial charge in [-0.2, -0.15) is 0 Å². The second-order valence-electron chi connectivity index (χ2n) is 4.73. The van der Waals surface area contributed by atoms with Crippen LogP contribution in [0.2, 0.25) is 0 Å². The molecular weight excluding hydrogens is 534 g/mol. The van der Waals surface area contributed by atoms with Crippen LogP contribution in [0.3, 0.4) is 0 Å². The molecule has 1 aliphatic rings. The Kier molecular flexibility index (Phi) is 13.7. The molecule has 1 saturated heterocycles. The Morgan fingerprint density at radius 3 is 1.92 bits per heavy atom. The first kappa shape index (κ1) is 29.0. The van der Waals surface area contributed by atoms with E-state index in [-0.39, 0.29) is 33.4 Å². The van der Waals surface area contributed by atoms with Crippen molar-refractivity contribution in [1.29, 1.82) is 0 Å². The summed E-state index contributed by atoms with van der Waals surface area (Å²) in [4.78, 5) is 21.2. The van der Waals surface area contributed by atoms with E-state index in [2.05, 4.69) is 0 Å². The van der Waals surface area contributed by atoms with Crippen molar-refractivity contribution in [3.63, 3.8) is 0 Å². The van der Waals surface area contributed by atoms with Crippen LogP contribution in [0, 0.1) is 0 Å². The van der Waals surface area contributed by atoms with Crippen LogP contribution in [-0.2, 0) is 40.1 Å². The van der Waals surface area contributed by atoms with Gasteiger partial charge < -0.3 is 52.4 Å². The molecule has 1 heterocycles. The maximum atomic E-state index is 13.7. The minimum atomic E-state index is -3.58. The number of ether oxygens (including phenoxy) is 2. The fraction of sp³-hybridized carbons (Fsp3) is 0.818. The molecule has 0 aromatic carbocycles. The number of carboxylic acids is 2. The number of halogens is 1. The van der Waals surface area contributed by atoms with Gasteiger partial charge >= 0.3 is 38.7 Å². The van der Waals surface area contributed by atoms with Crippen molar-refractivity contribution in [1.82, 2.24) is 0 Å². The Hall–Kier alpha value is -0.762. The summed E-state index contributed by atoms with van der Waals surface area (Å²) >= 11 is 0. The van der Waals surface area contributed by atoms with Crippen LogP contribution in [-0.4, -0.2) is 92.2 Å². The van der Waals surface area contributed by atoms with Crippen LogP contribution in [0.4, 0.5) is 4.39 Å². The normalized spacial score (nSPS) is 28.8. The van der Waals surface area contributed by atoms with Gasteiger partial charge in [0.05, 0.1) is 13.2 Å². The van der Waals surface area contributed by atoms with E-state index in [0.29, 0.717) is 0 Å². The number of hydrogen-bond acceptors (Lipinski definition) is 8. The number of hydrogen-bond donors (Lipinski definition) is 6. The molecule has 10 N–H and O–H groups in total. The number of nitrogens with two attached hydrogens (primary N) is 2. The van der Waals surface area contributed by atoms with Gasteiger partial charge in [-0.05, 0) is 0 Å². The maximum Gasteiger partial charge on any atom is 2.00 e. The van der Waals surface area contributed by atoms with Crippen LogP contribution in [0.5, 0.6) is 0 Å². The molecule has 1 rings (SSSR count). The van der Waals surface area contributed by atoms with Gasteiger partial charge in [-0.25, -0.2) is 14.0 Å². The zero-order valence-corrected chi connectivity index (χ0v) is 14.9. The van der Waals surface area contributed by atoms with Crippen molar-refractivity contribution in [3.8, 4) is 0 Å². The molecule has 1 fully saturated rings. The SMILES string of the molecule is O=C(O)C(F)(CCOC1O[C@H](CO)[C@@H](O)[C@H](O)[C@H]1O)C(=O)O.[NH2-].[NH2-].[Pt+2]. The van der Waals surface area contributed by atoms with Crippen LogP contribution in [0.25, 0.3) is 12.3 Å².